The number of quaternary nitrogens is 2. The van der Waals surface area contributed by atoms with Gasteiger partial charge in [0, 0.05) is 0 Å². The molecule has 0 aliphatic heterocycles. The van der Waals surface area contributed by atoms with E-state index in [0.717, 1.165) is 5.56 Å². The molecule has 2 aromatic rings. The van der Waals surface area contributed by atoms with Crippen molar-refractivity contribution >= 4 is 18.5 Å². The average molecular weight is 312 g/mol. The molecule has 2 rings (SSSR count). The van der Waals surface area contributed by atoms with Gasteiger partial charge >= 0.3 is 96.2 Å². The fourth-order valence-corrected chi connectivity index (χ4v) is 3.18. The molecule has 0 bridgehead atoms. The van der Waals surface area contributed by atoms with Crippen LogP contribution in [0.5, 0.6) is 0 Å². The van der Waals surface area contributed by atoms with Crippen LogP contribution in [0.4, 0.5) is 0 Å². The van der Waals surface area contributed by atoms with E-state index in [4.69, 9.17) is 0 Å². The smallest absolute Gasteiger partial charge is 0.369 e. The van der Waals surface area contributed by atoms with Gasteiger partial charge in [0.05, 0.1) is 0 Å². The molecule has 2 aromatic carbocycles. The molecule has 0 heterocycles. The van der Waals surface area contributed by atoms with Crippen molar-refractivity contribution in [1.82, 2.24) is 12.3 Å². The summed E-state index contributed by atoms with van der Waals surface area (Å²) in [6, 6.07) is 15.3. The first kappa shape index (κ1) is 16.6. The maximum Gasteiger partial charge on any atom is -0.369 e. The fourth-order valence-electron chi connectivity index (χ4n) is 1.57. The van der Waals surface area contributed by atoms with Crippen LogP contribution in [-0.4, -0.2) is 14.2 Å². The summed E-state index contributed by atoms with van der Waals surface area (Å²) in [5.74, 6) is 0. The second-order valence-electron chi connectivity index (χ2n) is 3.38. The Morgan fingerprint density at radius 3 is 1.83 bits per heavy atom. The first-order valence-electron chi connectivity index (χ1n) is 4.76. The van der Waals surface area contributed by atoms with Crippen LogP contribution in [0.25, 0.3) is 11.1 Å². The molecule has 0 radical (unpaired) electrons. The Labute approximate surface area is 109 Å². The monoisotopic (exact) mass is 312 g/mol. The van der Waals surface area contributed by atoms with E-state index in [-0.39, 0.29) is 16.7 Å². The normalized spacial score (nSPS) is 10.1. The van der Waals surface area contributed by atoms with Crippen LogP contribution in [0, 0.1) is 0 Å². The third-order valence-electron chi connectivity index (χ3n) is 2.28. The van der Waals surface area contributed by atoms with Crippen LogP contribution in [0.1, 0.15) is 0 Å². The van der Waals surface area contributed by atoms with Gasteiger partial charge in [0.1, 0.15) is 0 Å². The summed E-state index contributed by atoms with van der Waals surface area (Å²) in [6.07, 6.45) is 0. The zero-order valence-electron chi connectivity index (χ0n) is 10.4. The molecule has 0 saturated heterocycles. The molecule has 6 heteroatoms. The summed E-state index contributed by atoms with van der Waals surface area (Å²) in [7, 11) is 0. The molecule has 0 aliphatic rings. The molecule has 18 heavy (non-hydrogen) atoms. The first-order valence-corrected chi connectivity index (χ1v) is 8.00. The summed E-state index contributed by atoms with van der Waals surface area (Å²) in [4.78, 5) is 0. The molecule has 0 atom stereocenters. The van der Waals surface area contributed by atoms with Crippen molar-refractivity contribution in [3.05, 3.63) is 54.6 Å². The van der Waals surface area contributed by atoms with Crippen LogP contribution in [0.15, 0.2) is 54.6 Å². The Hall–Kier alpha value is -1.36. The van der Waals surface area contributed by atoms with Gasteiger partial charge in [-0.3, -0.25) is 0 Å². The van der Waals surface area contributed by atoms with E-state index in [2.05, 4.69) is 0 Å². The summed E-state index contributed by atoms with van der Waals surface area (Å²) >= 11 is -5.35. The Balaban J connectivity index is 0.00000144. The molecule has 98 valence electrons. The second kappa shape index (κ2) is 6.54. The van der Waals surface area contributed by atoms with Gasteiger partial charge in [-0.1, -0.05) is 0 Å². The van der Waals surface area contributed by atoms with E-state index >= 15 is 0 Å². The average Bonchev–Trinajstić information content (AvgIpc) is 2.29. The van der Waals surface area contributed by atoms with Crippen LogP contribution < -0.4 is 24.8 Å². The Morgan fingerprint density at radius 2 is 1.28 bits per heavy atom. The largest absolute Gasteiger partial charge is 0.369 e. The van der Waals surface area contributed by atoms with Crippen molar-refractivity contribution < 1.29 is 11.9 Å². The molecular weight excluding hydrogens is 295 g/mol. The minimum atomic E-state index is -5.35. The van der Waals surface area contributed by atoms with E-state index < -0.39 is 14.2 Å². The van der Waals surface area contributed by atoms with E-state index in [0.29, 0.717) is 5.56 Å². The molecule has 0 spiro atoms. The third kappa shape index (κ3) is 3.56. The van der Waals surface area contributed by atoms with Gasteiger partial charge in [0.15, 0.2) is 0 Å². The van der Waals surface area contributed by atoms with Crippen molar-refractivity contribution in [3.8, 4) is 11.1 Å². The van der Waals surface area contributed by atoms with Crippen molar-refractivity contribution in [2.75, 3.05) is 0 Å². The van der Waals surface area contributed by atoms with Gasteiger partial charge in [-0.25, -0.2) is 0 Å². The standard InChI is InChI=1S/C12H11AsO3.2H3N/c14-13(15,16)12-9-5-4-8-11(12)10-6-2-1-3-7-10;;/h1-9H,(H2,14,15,16);2*1H3. The van der Waals surface area contributed by atoms with Crippen molar-refractivity contribution in [1.29, 1.82) is 0 Å². The molecule has 8 N–H and O–H groups in total. The van der Waals surface area contributed by atoms with Crippen LogP contribution in [0.3, 0.4) is 0 Å². The SMILES string of the molecule is O=[As]([O-])([O-])c1ccccc1-c1ccccc1.[NH4+].[NH4+]. The second-order valence-corrected chi connectivity index (χ2v) is 6.48. The zero-order chi connectivity index (χ0) is 11.6. The van der Waals surface area contributed by atoms with Crippen molar-refractivity contribution in [3.63, 3.8) is 0 Å². The Bertz CT molecular complexity index is 540. The number of hydrogen-bond donors (Lipinski definition) is 2. The summed E-state index contributed by atoms with van der Waals surface area (Å²) in [5.41, 5.74) is 1.22. The Morgan fingerprint density at radius 1 is 0.778 bits per heavy atom. The summed E-state index contributed by atoms with van der Waals surface area (Å²) < 4.78 is 33.4. The molecule has 0 fully saturated rings. The van der Waals surface area contributed by atoms with E-state index in [1.54, 1.807) is 42.5 Å². The predicted octanol–water partition coefficient (Wildman–Crippen LogP) is 0.403. The maximum absolute atomic E-state index is 11.2. The number of rotatable bonds is 2. The predicted molar refractivity (Wildman–Crippen MR) is 69.9 cm³/mol. The van der Waals surface area contributed by atoms with E-state index in [1.165, 1.54) is 6.07 Å². The van der Waals surface area contributed by atoms with Crippen molar-refractivity contribution in [2.45, 2.75) is 0 Å². The van der Waals surface area contributed by atoms with Gasteiger partial charge in [0.25, 0.3) is 0 Å². The van der Waals surface area contributed by atoms with Gasteiger partial charge in [-0.05, 0) is 0 Å². The van der Waals surface area contributed by atoms with E-state index in [1.807, 2.05) is 6.07 Å². The topological polar surface area (TPSA) is 136 Å². The van der Waals surface area contributed by atoms with Crippen LogP contribution in [0.2, 0.25) is 0 Å². The van der Waals surface area contributed by atoms with Crippen molar-refractivity contribution in [2.24, 2.45) is 0 Å². The molecule has 0 aliphatic carbocycles. The minimum Gasteiger partial charge on any atom is -0.369 e. The minimum absolute atomic E-state index is 0. The van der Waals surface area contributed by atoms with Gasteiger partial charge < -0.3 is 12.3 Å². The maximum atomic E-state index is 11.2. The van der Waals surface area contributed by atoms with Crippen LogP contribution in [-0.2, 0) is 3.74 Å². The van der Waals surface area contributed by atoms with Crippen LogP contribution >= 0.6 is 0 Å². The summed E-state index contributed by atoms with van der Waals surface area (Å²) in [6.45, 7) is 0. The first-order chi connectivity index (χ1) is 7.59. The fraction of sp³-hybridized carbons (Fsp3) is 0. The molecule has 0 unspecified atom stereocenters. The molecule has 0 saturated carbocycles. The summed E-state index contributed by atoms with van der Waals surface area (Å²) in [5, 5.41) is 0. The molecule has 0 aromatic heterocycles. The zero-order valence-corrected chi connectivity index (χ0v) is 12.2. The van der Waals surface area contributed by atoms with E-state index in [9.17, 15) is 11.9 Å². The molecule has 5 nitrogen and oxygen atoms in total. The quantitative estimate of drug-likeness (QED) is 0.776. The third-order valence-corrected chi connectivity index (χ3v) is 4.34. The number of hydrogen-bond acceptors (Lipinski definition) is 3. The van der Waals surface area contributed by atoms with Gasteiger partial charge in [-0.15, -0.1) is 0 Å². The van der Waals surface area contributed by atoms with Gasteiger partial charge in [0.2, 0.25) is 0 Å². The number of benzene rings is 2. The molecular formula is C12H17AsN2O3. The molecule has 0 amide bonds. The Kier molecular flexibility index (Phi) is 6.04. The van der Waals surface area contributed by atoms with Gasteiger partial charge in [-0.2, -0.15) is 0 Å².